The van der Waals surface area contributed by atoms with Gasteiger partial charge in [0, 0.05) is 53.0 Å². The highest BCUT2D eigenvalue weighted by Crippen LogP contribution is 2.49. The highest BCUT2D eigenvalue weighted by Gasteiger charge is 2.22. The zero-order valence-electron chi connectivity index (χ0n) is 22.9. The lowest BCUT2D eigenvalue weighted by Gasteiger charge is -2.18. The Morgan fingerprint density at radius 3 is 1.74 bits per heavy atom. The number of hydrogen-bond acceptors (Lipinski definition) is 3. The van der Waals surface area contributed by atoms with Crippen LogP contribution in [0.15, 0.2) is 142 Å². The summed E-state index contributed by atoms with van der Waals surface area (Å²) in [6, 6.07) is 45.8. The van der Waals surface area contributed by atoms with Crippen LogP contribution in [-0.2, 0) is 0 Å². The summed E-state index contributed by atoms with van der Waals surface area (Å²) in [6.07, 6.45) is 1.75. The standard InChI is InChI=1S/C40H22O2S/c1-3-12-26-24(10-1)36(30-15-8-16-31-38-29-21-22-41-33(29)19-20-34(38)42-39(30)31)25-11-2-4-13-27(25)37(26)32-17-7-14-28-23-9-5-6-18-35(23)43-40(28)32/h1-22H. The molecule has 43 heavy (non-hydrogen) atoms. The third kappa shape index (κ3) is 3.12. The second-order valence-electron chi connectivity index (χ2n) is 11.2. The fraction of sp³-hybridized carbons (Fsp3) is 0. The zero-order chi connectivity index (χ0) is 28.1. The first-order valence-corrected chi connectivity index (χ1v) is 15.3. The molecule has 10 aromatic rings. The number of fused-ring (bicyclic) bond motifs is 10. The fourth-order valence-corrected chi connectivity index (χ4v) is 8.41. The van der Waals surface area contributed by atoms with Crippen LogP contribution in [0.4, 0.5) is 0 Å². The van der Waals surface area contributed by atoms with E-state index in [-0.39, 0.29) is 0 Å². The lowest BCUT2D eigenvalue weighted by Crippen LogP contribution is -1.91. The Morgan fingerprint density at radius 1 is 0.419 bits per heavy atom. The molecule has 0 radical (unpaired) electrons. The maximum absolute atomic E-state index is 6.68. The number of benzene rings is 7. The van der Waals surface area contributed by atoms with Crippen molar-refractivity contribution in [1.82, 2.24) is 0 Å². The molecule has 3 aromatic heterocycles. The van der Waals surface area contributed by atoms with Crippen molar-refractivity contribution in [2.75, 3.05) is 0 Å². The molecule has 0 aliphatic rings. The maximum atomic E-state index is 6.68. The average molecular weight is 567 g/mol. The molecular weight excluding hydrogens is 545 g/mol. The van der Waals surface area contributed by atoms with Crippen LogP contribution in [0.3, 0.4) is 0 Å². The van der Waals surface area contributed by atoms with Crippen molar-refractivity contribution < 1.29 is 8.83 Å². The van der Waals surface area contributed by atoms with Crippen LogP contribution in [0.2, 0.25) is 0 Å². The van der Waals surface area contributed by atoms with Crippen molar-refractivity contribution in [2.24, 2.45) is 0 Å². The summed E-state index contributed by atoms with van der Waals surface area (Å²) in [4.78, 5) is 0. The summed E-state index contributed by atoms with van der Waals surface area (Å²) in [5.41, 5.74) is 7.51. The van der Waals surface area contributed by atoms with Gasteiger partial charge in [-0.2, -0.15) is 0 Å². The molecule has 0 spiro atoms. The Balaban J connectivity index is 1.36. The Bertz CT molecular complexity index is 2680. The molecular formula is C40H22O2S. The van der Waals surface area contributed by atoms with Crippen LogP contribution < -0.4 is 0 Å². The Hall–Kier alpha value is -5.38. The van der Waals surface area contributed by atoms with E-state index in [9.17, 15) is 0 Å². The number of rotatable bonds is 2. The topological polar surface area (TPSA) is 26.3 Å². The molecule has 0 N–H and O–H groups in total. The molecule has 10 rings (SSSR count). The molecule has 0 saturated carbocycles. The molecule has 0 unspecified atom stereocenters. The van der Waals surface area contributed by atoms with Crippen LogP contribution >= 0.6 is 11.3 Å². The molecule has 0 atom stereocenters. The van der Waals surface area contributed by atoms with Gasteiger partial charge in [-0.15, -0.1) is 11.3 Å². The summed E-state index contributed by atoms with van der Waals surface area (Å²) in [7, 11) is 0. The Kier molecular flexibility index (Phi) is 4.63. The van der Waals surface area contributed by atoms with E-state index in [0.29, 0.717) is 0 Å². The number of para-hydroxylation sites is 1. The van der Waals surface area contributed by atoms with E-state index < -0.39 is 0 Å². The van der Waals surface area contributed by atoms with Gasteiger partial charge in [0.1, 0.15) is 16.7 Å². The van der Waals surface area contributed by atoms with Crippen LogP contribution in [0.5, 0.6) is 0 Å². The quantitative estimate of drug-likeness (QED) is 0.195. The highest BCUT2D eigenvalue weighted by molar-refractivity contribution is 7.26. The van der Waals surface area contributed by atoms with E-state index in [0.717, 1.165) is 38.5 Å². The van der Waals surface area contributed by atoms with Gasteiger partial charge in [0.05, 0.1) is 6.26 Å². The minimum atomic E-state index is 0.872. The summed E-state index contributed by atoms with van der Waals surface area (Å²) >= 11 is 1.88. The van der Waals surface area contributed by atoms with Gasteiger partial charge in [-0.25, -0.2) is 0 Å². The molecule has 3 heterocycles. The highest BCUT2D eigenvalue weighted by atomic mass is 32.1. The second-order valence-corrected chi connectivity index (χ2v) is 12.2. The lowest BCUT2D eigenvalue weighted by atomic mass is 9.85. The fourth-order valence-electron chi connectivity index (χ4n) is 7.19. The number of furan rings is 2. The zero-order valence-corrected chi connectivity index (χ0v) is 23.7. The summed E-state index contributed by atoms with van der Waals surface area (Å²) in [5, 5.41) is 10.8. The largest absolute Gasteiger partial charge is 0.464 e. The van der Waals surface area contributed by atoms with Crippen LogP contribution in [-0.4, -0.2) is 0 Å². The molecule has 2 nitrogen and oxygen atoms in total. The van der Waals surface area contributed by atoms with E-state index >= 15 is 0 Å². The molecule has 200 valence electrons. The number of hydrogen-bond donors (Lipinski definition) is 0. The molecule has 0 saturated heterocycles. The monoisotopic (exact) mass is 566 g/mol. The van der Waals surface area contributed by atoms with Crippen LogP contribution in [0.25, 0.3) is 96.9 Å². The molecule has 0 fully saturated rings. The molecule has 0 amide bonds. The van der Waals surface area contributed by atoms with Gasteiger partial charge < -0.3 is 8.83 Å². The lowest BCUT2D eigenvalue weighted by molar-refractivity contribution is 0.615. The van der Waals surface area contributed by atoms with Crippen molar-refractivity contribution in [3.8, 4) is 22.3 Å². The van der Waals surface area contributed by atoms with Crippen LogP contribution in [0.1, 0.15) is 0 Å². The van der Waals surface area contributed by atoms with Crippen molar-refractivity contribution in [2.45, 2.75) is 0 Å². The van der Waals surface area contributed by atoms with Crippen molar-refractivity contribution in [3.05, 3.63) is 134 Å². The summed E-state index contributed by atoms with van der Waals surface area (Å²) in [6.45, 7) is 0. The van der Waals surface area contributed by atoms with Crippen molar-refractivity contribution in [3.63, 3.8) is 0 Å². The predicted octanol–water partition coefficient (Wildman–Crippen LogP) is 12.3. The first kappa shape index (κ1) is 23.2. The van der Waals surface area contributed by atoms with E-state index in [1.54, 1.807) is 6.26 Å². The van der Waals surface area contributed by atoms with Crippen molar-refractivity contribution >= 4 is 86.0 Å². The SMILES string of the molecule is c1ccc2c(c1)sc1c(-c3c4ccccc4c(-c4cccc5c4oc4ccc6occc6c45)c4ccccc34)cccc12. The second kappa shape index (κ2) is 8.57. The Morgan fingerprint density at radius 2 is 1.00 bits per heavy atom. The summed E-state index contributed by atoms with van der Waals surface area (Å²) in [5.74, 6) is 0. The van der Waals surface area contributed by atoms with Gasteiger partial charge in [-0.1, -0.05) is 103 Å². The normalized spacial score (nSPS) is 12.2. The molecule has 0 aliphatic heterocycles. The average Bonchev–Trinajstić information content (AvgIpc) is 3.78. The van der Waals surface area contributed by atoms with Gasteiger partial charge in [0.15, 0.2) is 0 Å². The van der Waals surface area contributed by atoms with Crippen LogP contribution in [0, 0.1) is 0 Å². The Labute approximate surface area is 250 Å². The predicted molar refractivity (Wildman–Crippen MR) is 182 cm³/mol. The van der Waals surface area contributed by atoms with Gasteiger partial charge in [0.2, 0.25) is 0 Å². The third-order valence-electron chi connectivity index (χ3n) is 8.97. The minimum Gasteiger partial charge on any atom is -0.464 e. The minimum absolute atomic E-state index is 0.872. The van der Waals surface area contributed by atoms with Gasteiger partial charge in [-0.3, -0.25) is 0 Å². The third-order valence-corrected chi connectivity index (χ3v) is 10.2. The van der Waals surface area contributed by atoms with E-state index in [1.165, 1.54) is 58.4 Å². The first-order valence-electron chi connectivity index (χ1n) is 14.5. The smallest absolute Gasteiger partial charge is 0.143 e. The van der Waals surface area contributed by atoms with E-state index in [4.69, 9.17) is 8.83 Å². The first-order chi connectivity index (χ1) is 21.3. The van der Waals surface area contributed by atoms with E-state index in [1.807, 2.05) is 29.5 Å². The number of thiophene rings is 1. The van der Waals surface area contributed by atoms with Gasteiger partial charge >= 0.3 is 0 Å². The molecule has 0 bridgehead atoms. The van der Waals surface area contributed by atoms with Gasteiger partial charge in [-0.05, 0) is 51.4 Å². The van der Waals surface area contributed by atoms with Gasteiger partial charge in [0.25, 0.3) is 0 Å². The molecule has 7 aromatic carbocycles. The molecule has 0 aliphatic carbocycles. The van der Waals surface area contributed by atoms with Crippen molar-refractivity contribution in [1.29, 1.82) is 0 Å². The molecule has 3 heteroatoms. The maximum Gasteiger partial charge on any atom is 0.143 e. The summed E-state index contributed by atoms with van der Waals surface area (Å²) < 4.78 is 15.1. The van der Waals surface area contributed by atoms with E-state index in [2.05, 4.69) is 109 Å².